The number of urea groups is 1. The zero-order valence-corrected chi connectivity index (χ0v) is 14.6. The molecule has 1 saturated heterocycles. The van der Waals surface area contributed by atoms with Crippen LogP contribution in [-0.4, -0.2) is 11.8 Å². The van der Waals surface area contributed by atoms with Crippen LogP contribution in [0.15, 0.2) is 36.4 Å². The Morgan fingerprint density at radius 2 is 2.00 bits per heavy atom. The summed E-state index contributed by atoms with van der Waals surface area (Å²) in [6.45, 7) is 6.07. The summed E-state index contributed by atoms with van der Waals surface area (Å²) >= 11 is 6.10. The molecule has 0 saturated carbocycles. The molecule has 0 aromatic heterocycles. The van der Waals surface area contributed by atoms with Gasteiger partial charge >= 0.3 is 6.03 Å². The first-order chi connectivity index (χ1) is 11.4. The van der Waals surface area contributed by atoms with Gasteiger partial charge in [0.2, 0.25) is 0 Å². The lowest BCUT2D eigenvalue weighted by molar-refractivity contribution is 0.0379. The average Bonchev–Trinajstić information content (AvgIpc) is 2.51. The fourth-order valence-electron chi connectivity index (χ4n) is 3.60. The van der Waals surface area contributed by atoms with Gasteiger partial charge in [-0.2, -0.15) is 0 Å². The van der Waals surface area contributed by atoms with Crippen molar-refractivity contribution in [3.05, 3.63) is 58.1 Å². The van der Waals surface area contributed by atoms with Gasteiger partial charge < -0.3 is 10.1 Å². The summed E-state index contributed by atoms with van der Waals surface area (Å²) in [5.41, 5.74) is 3.40. The predicted octanol–water partition coefficient (Wildman–Crippen LogP) is 4.73. The lowest BCUT2D eigenvalue weighted by Gasteiger charge is -2.50. The topological polar surface area (TPSA) is 41.6 Å². The van der Waals surface area contributed by atoms with Gasteiger partial charge in [-0.15, -0.1) is 0 Å². The Kier molecular flexibility index (Phi) is 3.29. The summed E-state index contributed by atoms with van der Waals surface area (Å²) in [5, 5.41) is 3.73. The highest BCUT2D eigenvalue weighted by Crippen LogP contribution is 2.46. The fourth-order valence-corrected chi connectivity index (χ4v) is 3.78. The first-order valence-corrected chi connectivity index (χ1v) is 8.42. The third kappa shape index (κ3) is 2.25. The molecule has 0 radical (unpaired) electrons. The number of nitrogens with zero attached hydrogens (tertiary/aromatic N) is 1. The molecule has 2 amide bonds. The Balaban J connectivity index is 1.80. The monoisotopic (exact) mass is 342 g/mol. The van der Waals surface area contributed by atoms with Gasteiger partial charge in [0.25, 0.3) is 0 Å². The molecule has 0 spiro atoms. The number of halogens is 1. The molecule has 4 nitrogen and oxygen atoms in total. The highest BCUT2D eigenvalue weighted by Gasteiger charge is 2.49. The number of rotatable bonds is 1. The Hall–Kier alpha value is -2.20. The first-order valence-electron chi connectivity index (χ1n) is 8.04. The summed E-state index contributed by atoms with van der Waals surface area (Å²) in [6.07, 6.45) is 0.666. The normalized spacial score (nSPS) is 24.9. The van der Waals surface area contributed by atoms with E-state index in [1.165, 1.54) is 5.56 Å². The van der Waals surface area contributed by atoms with Crippen molar-refractivity contribution in [2.45, 2.75) is 39.0 Å². The van der Waals surface area contributed by atoms with Crippen LogP contribution in [0, 0.1) is 13.8 Å². The maximum absolute atomic E-state index is 12.8. The Morgan fingerprint density at radius 1 is 1.21 bits per heavy atom. The zero-order valence-electron chi connectivity index (χ0n) is 13.9. The minimum Gasteiger partial charge on any atom is -0.467 e. The van der Waals surface area contributed by atoms with Crippen molar-refractivity contribution in [1.82, 2.24) is 5.32 Å². The van der Waals surface area contributed by atoms with Gasteiger partial charge in [0.15, 0.2) is 5.72 Å². The van der Waals surface area contributed by atoms with E-state index in [-0.39, 0.29) is 12.1 Å². The van der Waals surface area contributed by atoms with Gasteiger partial charge in [-0.25, -0.2) is 4.79 Å². The fraction of sp³-hybridized carbons (Fsp3) is 0.316. The Bertz CT molecular complexity index is 851. The number of anilines is 1. The minimum atomic E-state index is -0.727. The Morgan fingerprint density at radius 3 is 2.75 bits per heavy atom. The van der Waals surface area contributed by atoms with Gasteiger partial charge in [-0.05, 0) is 62.2 Å². The van der Waals surface area contributed by atoms with Crippen LogP contribution in [0.2, 0.25) is 5.02 Å². The highest BCUT2D eigenvalue weighted by molar-refractivity contribution is 6.30. The van der Waals surface area contributed by atoms with Crippen molar-refractivity contribution in [3.63, 3.8) is 0 Å². The number of benzene rings is 2. The van der Waals surface area contributed by atoms with Crippen LogP contribution in [0.3, 0.4) is 0 Å². The summed E-state index contributed by atoms with van der Waals surface area (Å²) < 4.78 is 6.26. The lowest BCUT2D eigenvalue weighted by atomic mass is 9.90. The number of aryl methyl sites for hydroxylation is 2. The molecule has 0 aliphatic carbocycles. The van der Waals surface area contributed by atoms with Crippen LogP contribution < -0.4 is 15.0 Å². The van der Waals surface area contributed by atoms with E-state index in [0.29, 0.717) is 11.4 Å². The maximum atomic E-state index is 12.8. The molecule has 2 heterocycles. The molecule has 2 atom stereocenters. The van der Waals surface area contributed by atoms with Gasteiger partial charge in [0.1, 0.15) is 5.75 Å². The SMILES string of the molecule is Cc1ccc(N2C(=O)NC3CC2(C)Oc2ccc(Cl)cc23)cc1C. The van der Waals surface area contributed by atoms with E-state index in [9.17, 15) is 4.79 Å². The third-order valence-corrected chi connectivity index (χ3v) is 5.22. The van der Waals surface area contributed by atoms with Crippen LogP contribution >= 0.6 is 11.6 Å². The number of hydrogen-bond donors (Lipinski definition) is 1. The largest absolute Gasteiger partial charge is 0.467 e. The summed E-state index contributed by atoms with van der Waals surface area (Å²) in [7, 11) is 0. The second-order valence-corrected chi connectivity index (χ2v) is 7.21. The molecule has 2 bridgehead atoms. The molecule has 2 aliphatic heterocycles. The predicted molar refractivity (Wildman–Crippen MR) is 94.8 cm³/mol. The van der Waals surface area contributed by atoms with Crippen molar-refractivity contribution >= 4 is 23.3 Å². The van der Waals surface area contributed by atoms with E-state index in [1.54, 1.807) is 4.90 Å². The van der Waals surface area contributed by atoms with Crippen molar-refractivity contribution in [2.24, 2.45) is 0 Å². The number of ether oxygens (including phenoxy) is 1. The molecule has 24 heavy (non-hydrogen) atoms. The second-order valence-electron chi connectivity index (χ2n) is 6.77. The van der Waals surface area contributed by atoms with Crippen LogP contribution in [0.1, 0.15) is 36.1 Å². The number of carbonyl (C=O) groups is 1. The summed E-state index contributed by atoms with van der Waals surface area (Å²) in [4.78, 5) is 14.5. The van der Waals surface area contributed by atoms with Gasteiger partial charge in [-0.1, -0.05) is 17.7 Å². The number of amides is 2. The molecule has 1 N–H and O–H groups in total. The number of carbonyl (C=O) groups excluding carboxylic acids is 1. The minimum absolute atomic E-state index is 0.0901. The van der Waals surface area contributed by atoms with Crippen LogP contribution in [-0.2, 0) is 0 Å². The van der Waals surface area contributed by atoms with E-state index in [4.69, 9.17) is 16.3 Å². The van der Waals surface area contributed by atoms with Gasteiger partial charge in [-0.3, -0.25) is 4.90 Å². The molecule has 2 aromatic rings. The summed E-state index contributed by atoms with van der Waals surface area (Å²) in [6, 6.07) is 11.3. The van der Waals surface area contributed by atoms with Crippen molar-refractivity contribution in [1.29, 1.82) is 0 Å². The standard InChI is InChI=1S/C19H19ClN2O2/c1-11-4-6-14(8-12(11)2)22-18(23)21-16-10-19(22,3)24-17-7-5-13(20)9-15(16)17/h4-9,16H,10H2,1-3H3,(H,21,23). The Labute approximate surface area is 146 Å². The van der Waals surface area contributed by atoms with E-state index in [0.717, 1.165) is 22.6 Å². The number of hydrogen-bond acceptors (Lipinski definition) is 2. The third-order valence-electron chi connectivity index (χ3n) is 4.98. The smallest absolute Gasteiger partial charge is 0.325 e. The molecule has 2 aromatic carbocycles. The van der Waals surface area contributed by atoms with Crippen molar-refractivity contribution in [2.75, 3.05) is 4.90 Å². The molecule has 2 aliphatic rings. The van der Waals surface area contributed by atoms with E-state index >= 15 is 0 Å². The van der Waals surface area contributed by atoms with Crippen LogP contribution in [0.5, 0.6) is 5.75 Å². The maximum Gasteiger partial charge on any atom is 0.325 e. The lowest BCUT2D eigenvalue weighted by Crippen LogP contribution is -2.65. The molecule has 1 fully saturated rings. The van der Waals surface area contributed by atoms with Crippen molar-refractivity contribution in [3.8, 4) is 5.75 Å². The van der Waals surface area contributed by atoms with Crippen LogP contribution in [0.4, 0.5) is 10.5 Å². The van der Waals surface area contributed by atoms with Crippen LogP contribution in [0.25, 0.3) is 0 Å². The highest BCUT2D eigenvalue weighted by atomic mass is 35.5. The van der Waals surface area contributed by atoms with E-state index in [2.05, 4.69) is 12.2 Å². The molecule has 4 rings (SSSR count). The molecular formula is C19H19ClN2O2. The summed E-state index contributed by atoms with van der Waals surface area (Å²) in [5.74, 6) is 0.770. The average molecular weight is 343 g/mol. The zero-order chi connectivity index (χ0) is 17.1. The second kappa shape index (κ2) is 5.15. The number of nitrogens with one attached hydrogen (secondary N) is 1. The molecule has 124 valence electrons. The molecule has 2 unspecified atom stereocenters. The van der Waals surface area contributed by atoms with E-state index in [1.807, 2.05) is 50.2 Å². The molecule has 5 heteroatoms. The number of fused-ring (bicyclic) bond motifs is 4. The van der Waals surface area contributed by atoms with Gasteiger partial charge in [0.05, 0.1) is 6.04 Å². The molecular weight excluding hydrogens is 324 g/mol. The first kappa shape index (κ1) is 15.3. The van der Waals surface area contributed by atoms with E-state index < -0.39 is 5.72 Å². The van der Waals surface area contributed by atoms with Gasteiger partial charge in [0, 0.05) is 22.7 Å². The quantitative estimate of drug-likeness (QED) is 0.814. The van der Waals surface area contributed by atoms with Crippen molar-refractivity contribution < 1.29 is 9.53 Å².